The molecule has 3 nitrogen and oxygen atoms in total. The van der Waals surface area contributed by atoms with Crippen LogP contribution in [-0.4, -0.2) is 27.1 Å². The minimum absolute atomic E-state index is 0.352. The zero-order valence-corrected chi connectivity index (χ0v) is 11.5. The van der Waals surface area contributed by atoms with E-state index in [1.807, 2.05) is 0 Å². The second-order valence-corrected chi connectivity index (χ2v) is 6.37. The molecule has 0 atom stereocenters. The predicted octanol–water partition coefficient (Wildman–Crippen LogP) is 2.91. The van der Waals surface area contributed by atoms with Gasteiger partial charge >= 0.3 is 0 Å². The second kappa shape index (κ2) is 6.87. The van der Waals surface area contributed by atoms with Crippen LogP contribution < -0.4 is 5.32 Å². The van der Waals surface area contributed by atoms with Gasteiger partial charge in [-0.05, 0) is 37.1 Å². The first kappa shape index (κ1) is 14.3. The quantitative estimate of drug-likeness (QED) is 0.615. The lowest BCUT2D eigenvalue weighted by atomic mass is 10.2. The van der Waals surface area contributed by atoms with Gasteiger partial charge in [-0.1, -0.05) is 6.42 Å². The van der Waals surface area contributed by atoms with Gasteiger partial charge in [0, 0.05) is 24.4 Å². The molecule has 0 aliphatic heterocycles. The molecule has 0 amide bonds. The molecule has 0 aliphatic carbocycles. The molecule has 1 rings (SSSR count). The van der Waals surface area contributed by atoms with E-state index in [2.05, 4.69) is 5.32 Å². The first-order valence-electron chi connectivity index (χ1n) is 5.64. The third-order valence-corrected chi connectivity index (χ3v) is 3.82. The summed E-state index contributed by atoms with van der Waals surface area (Å²) in [6.45, 7) is 0.884. The summed E-state index contributed by atoms with van der Waals surface area (Å²) in [6.07, 6.45) is 4.43. The van der Waals surface area contributed by atoms with Crippen molar-refractivity contribution in [3.63, 3.8) is 0 Å². The van der Waals surface area contributed by atoms with Crippen molar-refractivity contribution in [2.45, 2.75) is 24.2 Å². The van der Waals surface area contributed by atoms with Gasteiger partial charge in [0.25, 0.3) is 0 Å². The molecule has 0 saturated carbocycles. The van der Waals surface area contributed by atoms with Crippen molar-refractivity contribution in [1.29, 1.82) is 0 Å². The Morgan fingerprint density at radius 3 is 2.29 bits per heavy atom. The maximum atomic E-state index is 11.2. The average Bonchev–Trinajstić information content (AvgIpc) is 2.28. The predicted molar refractivity (Wildman–Crippen MR) is 72.6 cm³/mol. The molecule has 0 radical (unpaired) electrons. The van der Waals surface area contributed by atoms with Crippen LogP contribution in [0.1, 0.15) is 19.3 Å². The molecular weight excluding hydrogens is 258 g/mol. The minimum atomic E-state index is -3.09. The molecule has 0 heterocycles. The Labute approximate surface area is 108 Å². The van der Waals surface area contributed by atoms with E-state index in [4.69, 9.17) is 11.6 Å². The largest absolute Gasteiger partial charge is 0.385 e. The van der Waals surface area contributed by atoms with Gasteiger partial charge in [0.15, 0.2) is 9.84 Å². The van der Waals surface area contributed by atoms with Gasteiger partial charge in [-0.25, -0.2) is 8.42 Å². The molecule has 5 heteroatoms. The van der Waals surface area contributed by atoms with Crippen molar-refractivity contribution in [3.05, 3.63) is 24.3 Å². The van der Waals surface area contributed by atoms with Crippen molar-refractivity contribution >= 4 is 27.1 Å². The number of sulfone groups is 1. The number of rotatable bonds is 7. The fraction of sp³-hybridized carbons (Fsp3) is 0.500. The summed E-state index contributed by atoms with van der Waals surface area (Å²) < 4.78 is 22.5. The van der Waals surface area contributed by atoms with Crippen LogP contribution in [-0.2, 0) is 9.84 Å². The summed E-state index contributed by atoms with van der Waals surface area (Å²) in [4.78, 5) is 0.352. The number of alkyl halides is 1. The fourth-order valence-corrected chi connectivity index (χ4v) is 2.27. The molecular formula is C12H18ClNO2S. The molecule has 1 N–H and O–H groups in total. The van der Waals surface area contributed by atoms with E-state index >= 15 is 0 Å². The zero-order chi connectivity index (χ0) is 12.7. The van der Waals surface area contributed by atoms with E-state index in [1.165, 1.54) is 6.26 Å². The summed E-state index contributed by atoms with van der Waals surface area (Å²) >= 11 is 5.58. The van der Waals surface area contributed by atoms with Gasteiger partial charge in [0.1, 0.15) is 0 Å². The Hall–Kier alpha value is -0.740. The molecule has 0 aliphatic rings. The number of halogens is 1. The second-order valence-electron chi connectivity index (χ2n) is 3.97. The summed E-state index contributed by atoms with van der Waals surface area (Å²) in [5.41, 5.74) is 0.947. The third-order valence-electron chi connectivity index (χ3n) is 2.42. The summed E-state index contributed by atoms with van der Waals surface area (Å²) in [7, 11) is -3.09. The summed E-state index contributed by atoms with van der Waals surface area (Å²) in [6, 6.07) is 6.82. The highest BCUT2D eigenvalue weighted by Gasteiger charge is 2.05. The smallest absolute Gasteiger partial charge is 0.175 e. The van der Waals surface area contributed by atoms with Crippen molar-refractivity contribution < 1.29 is 8.42 Å². The Morgan fingerprint density at radius 2 is 1.76 bits per heavy atom. The standard InChI is InChI=1S/C12H18ClNO2S/c1-17(15,16)12-7-5-11(6-8-12)14-10-4-2-3-9-13/h5-8,14H,2-4,9-10H2,1H3. The number of unbranched alkanes of at least 4 members (excludes halogenated alkanes) is 2. The van der Waals surface area contributed by atoms with E-state index in [0.717, 1.165) is 31.5 Å². The van der Waals surface area contributed by atoms with E-state index in [1.54, 1.807) is 24.3 Å². The van der Waals surface area contributed by atoms with Crippen LogP contribution in [0.2, 0.25) is 0 Å². The molecule has 0 bridgehead atoms. The molecule has 96 valence electrons. The average molecular weight is 276 g/mol. The van der Waals surface area contributed by atoms with E-state index < -0.39 is 9.84 Å². The van der Waals surface area contributed by atoms with Crippen molar-refractivity contribution in [1.82, 2.24) is 0 Å². The van der Waals surface area contributed by atoms with Gasteiger partial charge in [-0.3, -0.25) is 0 Å². The highest BCUT2D eigenvalue weighted by molar-refractivity contribution is 7.90. The first-order chi connectivity index (χ1) is 8.04. The highest BCUT2D eigenvalue weighted by atomic mass is 35.5. The van der Waals surface area contributed by atoms with Gasteiger partial charge < -0.3 is 5.32 Å². The molecule has 17 heavy (non-hydrogen) atoms. The number of hydrogen-bond donors (Lipinski definition) is 1. The number of nitrogens with one attached hydrogen (secondary N) is 1. The minimum Gasteiger partial charge on any atom is -0.385 e. The number of hydrogen-bond acceptors (Lipinski definition) is 3. The fourth-order valence-electron chi connectivity index (χ4n) is 1.45. The number of anilines is 1. The van der Waals surface area contributed by atoms with E-state index in [0.29, 0.717) is 10.8 Å². The van der Waals surface area contributed by atoms with Crippen LogP contribution in [0.25, 0.3) is 0 Å². The lowest BCUT2D eigenvalue weighted by Gasteiger charge is -2.06. The van der Waals surface area contributed by atoms with Crippen molar-refractivity contribution in [2.24, 2.45) is 0 Å². The van der Waals surface area contributed by atoms with Crippen LogP contribution in [0.5, 0.6) is 0 Å². The van der Waals surface area contributed by atoms with Gasteiger partial charge in [0.05, 0.1) is 4.90 Å². The van der Waals surface area contributed by atoms with Crippen molar-refractivity contribution in [3.8, 4) is 0 Å². The molecule has 0 fully saturated rings. The summed E-state index contributed by atoms with van der Waals surface area (Å²) in [5, 5.41) is 3.24. The topological polar surface area (TPSA) is 46.2 Å². The molecule has 0 saturated heterocycles. The number of benzene rings is 1. The SMILES string of the molecule is CS(=O)(=O)c1ccc(NCCCCCCl)cc1. The lowest BCUT2D eigenvalue weighted by Crippen LogP contribution is -2.02. The Bertz CT molecular complexity index is 428. The molecule has 1 aromatic carbocycles. The molecule has 1 aromatic rings. The van der Waals surface area contributed by atoms with Crippen LogP contribution in [0.3, 0.4) is 0 Å². The Morgan fingerprint density at radius 1 is 1.12 bits per heavy atom. The zero-order valence-electron chi connectivity index (χ0n) is 9.95. The lowest BCUT2D eigenvalue weighted by molar-refractivity contribution is 0.602. The normalized spacial score (nSPS) is 11.4. The molecule has 0 spiro atoms. The first-order valence-corrected chi connectivity index (χ1v) is 8.06. The Balaban J connectivity index is 2.41. The van der Waals surface area contributed by atoms with Crippen molar-refractivity contribution in [2.75, 3.05) is 24.0 Å². The van der Waals surface area contributed by atoms with Crippen LogP contribution >= 0.6 is 11.6 Å². The monoisotopic (exact) mass is 275 g/mol. The molecule has 0 aromatic heterocycles. The van der Waals surface area contributed by atoms with Crippen LogP contribution in [0, 0.1) is 0 Å². The van der Waals surface area contributed by atoms with E-state index in [9.17, 15) is 8.42 Å². The van der Waals surface area contributed by atoms with Crippen LogP contribution in [0.4, 0.5) is 5.69 Å². The van der Waals surface area contributed by atoms with Gasteiger partial charge in [-0.2, -0.15) is 0 Å². The van der Waals surface area contributed by atoms with Gasteiger partial charge in [0.2, 0.25) is 0 Å². The summed E-state index contributed by atoms with van der Waals surface area (Å²) in [5.74, 6) is 0.711. The van der Waals surface area contributed by atoms with E-state index in [-0.39, 0.29) is 0 Å². The maximum absolute atomic E-state index is 11.2. The third kappa shape index (κ3) is 5.41. The van der Waals surface area contributed by atoms with Crippen LogP contribution in [0.15, 0.2) is 29.2 Å². The highest BCUT2D eigenvalue weighted by Crippen LogP contribution is 2.13. The van der Waals surface area contributed by atoms with Gasteiger partial charge in [-0.15, -0.1) is 11.6 Å². The maximum Gasteiger partial charge on any atom is 0.175 e. The Kier molecular flexibility index (Phi) is 5.78. The molecule has 0 unspecified atom stereocenters.